The molecule has 0 saturated carbocycles. The number of para-hydroxylation sites is 1. The Morgan fingerprint density at radius 1 is 1.18 bits per heavy atom. The quantitative estimate of drug-likeness (QED) is 0.578. The summed E-state index contributed by atoms with van der Waals surface area (Å²) in [5, 5.41) is 11.9. The molecule has 3 rings (SSSR count). The zero-order valence-electron chi connectivity index (χ0n) is 15.7. The molecule has 0 radical (unpaired) electrons. The highest BCUT2D eigenvalue weighted by molar-refractivity contribution is 7.99. The van der Waals surface area contributed by atoms with Crippen LogP contribution in [0.25, 0.3) is 0 Å². The van der Waals surface area contributed by atoms with Gasteiger partial charge in [0.15, 0.2) is 11.0 Å². The summed E-state index contributed by atoms with van der Waals surface area (Å²) in [5.74, 6) is 1.01. The predicted molar refractivity (Wildman–Crippen MR) is 107 cm³/mol. The average molecular weight is 400 g/mol. The molecule has 6 nitrogen and oxygen atoms in total. The van der Waals surface area contributed by atoms with Crippen LogP contribution in [-0.4, -0.2) is 26.4 Å². The molecule has 28 heavy (non-hydrogen) atoms. The summed E-state index contributed by atoms with van der Waals surface area (Å²) in [6.07, 6.45) is 0. The molecule has 1 N–H and O–H groups in total. The van der Waals surface area contributed by atoms with E-state index in [2.05, 4.69) is 15.5 Å². The van der Waals surface area contributed by atoms with Gasteiger partial charge < -0.3 is 14.6 Å². The summed E-state index contributed by atoms with van der Waals surface area (Å²) in [4.78, 5) is 12.2. The van der Waals surface area contributed by atoms with Gasteiger partial charge in [0.1, 0.15) is 18.2 Å². The van der Waals surface area contributed by atoms with Crippen LogP contribution in [0.5, 0.6) is 5.75 Å². The van der Waals surface area contributed by atoms with E-state index < -0.39 is 0 Å². The minimum absolute atomic E-state index is 0.103. The number of hydrogen-bond donors (Lipinski definition) is 1. The highest BCUT2D eigenvalue weighted by Crippen LogP contribution is 2.20. The molecule has 8 heteroatoms. The van der Waals surface area contributed by atoms with Crippen LogP contribution in [0.15, 0.2) is 53.7 Å². The summed E-state index contributed by atoms with van der Waals surface area (Å²) in [6, 6.07) is 13.4. The molecular formula is C20H21FN4O2S. The lowest BCUT2D eigenvalue weighted by Crippen LogP contribution is -2.15. The molecule has 1 aromatic heterocycles. The lowest BCUT2D eigenvalue weighted by molar-refractivity contribution is -0.113. The Kier molecular flexibility index (Phi) is 6.65. The van der Waals surface area contributed by atoms with Crippen LogP contribution in [0, 0.1) is 12.7 Å². The first-order valence-electron chi connectivity index (χ1n) is 8.85. The second-order valence-corrected chi connectivity index (χ2v) is 6.98. The number of halogens is 1. The van der Waals surface area contributed by atoms with E-state index in [1.54, 1.807) is 12.1 Å². The Balaban J connectivity index is 1.58. The number of aryl methyl sites for hydroxylation is 1. The number of thioether (sulfide) groups is 1. The molecule has 0 atom stereocenters. The Labute approximate surface area is 167 Å². The molecule has 0 saturated heterocycles. The SMILES string of the molecule is CCn1c(COc2ccc(F)cc2)nnc1SCC(=O)Nc1ccccc1C. The second kappa shape index (κ2) is 9.36. The van der Waals surface area contributed by atoms with Crippen LogP contribution in [0.1, 0.15) is 18.3 Å². The number of anilines is 1. The minimum Gasteiger partial charge on any atom is -0.486 e. The van der Waals surface area contributed by atoms with Crippen molar-refractivity contribution in [2.45, 2.75) is 32.2 Å². The molecule has 0 unspecified atom stereocenters. The van der Waals surface area contributed by atoms with E-state index in [9.17, 15) is 9.18 Å². The van der Waals surface area contributed by atoms with Gasteiger partial charge in [-0.15, -0.1) is 10.2 Å². The summed E-state index contributed by atoms with van der Waals surface area (Å²) in [5.41, 5.74) is 1.82. The number of amides is 1. The Morgan fingerprint density at radius 2 is 1.93 bits per heavy atom. The van der Waals surface area contributed by atoms with Crippen molar-refractivity contribution in [2.24, 2.45) is 0 Å². The topological polar surface area (TPSA) is 69.0 Å². The van der Waals surface area contributed by atoms with Gasteiger partial charge in [0.2, 0.25) is 5.91 Å². The molecule has 3 aromatic rings. The van der Waals surface area contributed by atoms with Crippen LogP contribution in [0.3, 0.4) is 0 Å². The van der Waals surface area contributed by atoms with Crippen molar-refractivity contribution in [3.8, 4) is 5.75 Å². The number of aromatic nitrogens is 3. The fraction of sp³-hybridized carbons (Fsp3) is 0.250. The highest BCUT2D eigenvalue weighted by atomic mass is 32.2. The molecule has 0 spiro atoms. The number of rotatable bonds is 8. The molecular weight excluding hydrogens is 379 g/mol. The smallest absolute Gasteiger partial charge is 0.234 e. The molecule has 0 bridgehead atoms. The van der Waals surface area contributed by atoms with Gasteiger partial charge in [-0.2, -0.15) is 0 Å². The van der Waals surface area contributed by atoms with Gasteiger partial charge in [-0.3, -0.25) is 4.79 Å². The molecule has 1 amide bonds. The third kappa shape index (κ3) is 5.10. The van der Waals surface area contributed by atoms with Crippen molar-refractivity contribution in [1.29, 1.82) is 0 Å². The average Bonchev–Trinajstić information content (AvgIpc) is 3.09. The third-order valence-corrected chi connectivity index (χ3v) is 5.01. The van der Waals surface area contributed by atoms with Gasteiger partial charge in [0.05, 0.1) is 5.75 Å². The Bertz CT molecular complexity index is 944. The van der Waals surface area contributed by atoms with Gasteiger partial charge in [0.25, 0.3) is 0 Å². The number of nitrogens with one attached hydrogen (secondary N) is 1. The zero-order valence-corrected chi connectivity index (χ0v) is 16.5. The number of benzene rings is 2. The van der Waals surface area contributed by atoms with Crippen LogP contribution in [0.2, 0.25) is 0 Å². The first-order chi connectivity index (χ1) is 13.6. The molecule has 2 aromatic carbocycles. The summed E-state index contributed by atoms with van der Waals surface area (Å²) in [6.45, 7) is 4.78. The van der Waals surface area contributed by atoms with Crippen LogP contribution < -0.4 is 10.1 Å². The summed E-state index contributed by atoms with van der Waals surface area (Å²) >= 11 is 1.32. The van der Waals surface area contributed by atoms with E-state index in [4.69, 9.17) is 4.74 Å². The maximum absolute atomic E-state index is 13.0. The fourth-order valence-electron chi connectivity index (χ4n) is 2.56. The van der Waals surface area contributed by atoms with Gasteiger partial charge in [-0.05, 0) is 49.7 Å². The lowest BCUT2D eigenvalue weighted by atomic mass is 10.2. The lowest BCUT2D eigenvalue weighted by Gasteiger charge is -2.10. The van der Waals surface area contributed by atoms with E-state index in [0.29, 0.717) is 23.3 Å². The second-order valence-electron chi connectivity index (χ2n) is 6.04. The van der Waals surface area contributed by atoms with Gasteiger partial charge in [0, 0.05) is 12.2 Å². The van der Waals surface area contributed by atoms with Gasteiger partial charge in [-0.25, -0.2) is 4.39 Å². The van der Waals surface area contributed by atoms with E-state index in [0.717, 1.165) is 11.3 Å². The monoisotopic (exact) mass is 400 g/mol. The number of nitrogens with zero attached hydrogens (tertiary/aromatic N) is 3. The van der Waals surface area contributed by atoms with E-state index >= 15 is 0 Å². The van der Waals surface area contributed by atoms with E-state index in [-0.39, 0.29) is 24.1 Å². The molecule has 0 aliphatic carbocycles. The number of ether oxygens (including phenoxy) is 1. The zero-order chi connectivity index (χ0) is 19.9. The molecule has 0 fully saturated rings. The first-order valence-corrected chi connectivity index (χ1v) is 9.84. The van der Waals surface area contributed by atoms with Gasteiger partial charge in [-0.1, -0.05) is 30.0 Å². The van der Waals surface area contributed by atoms with Crippen molar-refractivity contribution in [3.63, 3.8) is 0 Å². The molecule has 1 heterocycles. The maximum atomic E-state index is 13.0. The molecule has 146 valence electrons. The van der Waals surface area contributed by atoms with Crippen molar-refractivity contribution >= 4 is 23.4 Å². The van der Waals surface area contributed by atoms with E-state index in [1.165, 1.54) is 23.9 Å². The third-order valence-electron chi connectivity index (χ3n) is 4.04. The predicted octanol–water partition coefficient (Wildman–Crippen LogP) is 4.06. The number of carbonyl (C=O) groups is 1. The van der Waals surface area contributed by atoms with Crippen LogP contribution in [-0.2, 0) is 17.9 Å². The Hall–Kier alpha value is -2.87. The summed E-state index contributed by atoms with van der Waals surface area (Å²) < 4.78 is 20.5. The van der Waals surface area contributed by atoms with Crippen LogP contribution in [0.4, 0.5) is 10.1 Å². The van der Waals surface area contributed by atoms with Gasteiger partial charge >= 0.3 is 0 Å². The summed E-state index contributed by atoms with van der Waals surface area (Å²) in [7, 11) is 0. The van der Waals surface area contributed by atoms with E-state index in [1.807, 2.05) is 42.7 Å². The Morgan fingerprint density at radius 3 is 2.64 bits per heavy atom. The maximum Gasteiger partial charge on any atom is 0.234 e. The van der Waals surface area contributed by atoms with Crippen molar-refractivity contribution < 1.29 is 13.9 Å². The van der Waals surface area contributed by atoms with Crippen molar-refractivity contribution in [1.82, 2.24) is 14.8 Å². The standard InChI is InChI=1S/C20H21FN4O2S/c1-3-25-18(12-27-16-10-8-15(21)9-11-16)23-24-20(25)28-13-19(26)22-17-7-5-4-6-14(17)2/h4-11H,3,12-13H2,1-2H3,(H,22,26). The normalized spacial score (nSPS) is 10.7. The van der Waals surface area contributed by atoms with Crippen molar-refractivity contribution in [2.75, 3.05) is 11.1 Å². The minimum atomic E-state index is -0.313. The van der Waals surface area contributed by atoms with Crippen molar-refractivity contribution in [3.05, 3.63) is 65.7 Å². The fourth-order valence-corrected chi connectivity index (χ4v) is 3.38. The largest absolute Gasteiger partial charge is 0.486 e. The molecule has 0 aliphatic heterocycles. The number of hydrogen-bond acceptors (Lipinski definition) is 5. The van der Waals surface area contributed by atoms with Crippen LogP contribution >= 0.6 is 11.8 Å². The first kappa shape index (κ1) is 19.9. The molecule has 0 aliphatic rings. The highest BCUT2D eigenvalue weighted by Gasteiger charge is 2.14. The number of carbonyl (C=O) groups excluding carboxylic acids is 1.